The number of thiazole rings is 1. The standard InChI is InChI=1S/C18H12ClN5OS2/c19-11-4-2-1-3-10(11)13-9-26-18(23-13)24-16(25)15-6-5-14(27-15)12-7-8-21-17(20)22-12/h1-9H,(H2,20,21,22)(H,23,24,25). The number of nitrogens with one attached hydrogen (secondary N) is 1. The number of nitrogens with zero attached hydrogens (tertiary/aromatic N) is 3. The number of aromatic nitrogens is 3. The highest BCUT2D eigenvalue weighted by Crippen LogP contribution is 2.31. The van der Waals surface area contributed by atoms with Crippen molar-refractivity contribution < 1.29 is 4.79 Å². The molecule has 3 heterocycles. The topological polar surface area (TPSA) is 93.8 Å². The lowest BCUT2D eigenvalue weighted by Gasteiger charge is -2.00. The Morgan fingerprint density at radius 2 is 1.93 bits per heavy atom. The fourth-order valence-electron chi connectivity index (χ4n) is 2.39. The molecule has 134 valence electrons. The molecule has 3 N–H and O–H groups in total. The summed E-state index contributed by atoms with van der Waals surface area (Å²) in [4.78, 5) is 26.4. The van der Waals surface area contributed by atoms with Crippen LogP contribution in [0.4, 0.5) is 11.1 Å². The molecule has 0 bridgehead atoms. The zero-order valence-corrected chi connectivity index (χ0v) is 16.1. The molecular weight excluding hydrogens is 402 g/mol. The van der Waals surface area contributed by atoms with E-state index >= 15 is 0 Å². The lowest BCUT2D eigenvalue weighted by atomic mass is 10.2. The first-order chi connectivity index (χ1) is 13.1. The first kappa shape index (κ1) is 17.6. The van der Waals surface area contributed by atoms with Crippen molar-refractivity contribution in [2.45, 2.75) is 0 Å². The Kier molecular flexibility index (Phi) is 4.85. The molecule has 0 aliphatic carbocycles. The Morgan fingerprint density at radius 1 is 1.07 bits per heavy atom. The molecule has 0 aliphatic rings. The number of nitrogens with two attached hydrogens (primary N) is 1. The Hall–Kier alpha value is -2.81. The molecule has 0 aliphatic heterocycles. The molecule has 9 heteroatoms. The fraction of sp³-hybridized carbons (Fsp3) is 0. The van der Waals surface area contributed by atoms with Gasteiger partial charge in [-0.3, -0.25) is 10.1 Å². The van der Waals surface area contributed by atoms with Crippen LogP contribution in [0.2, 0.25) is 5.02 Å². The van der Waals surface area contributed by atoms with Crippen LogP contribution in [0.25, 0.3) is 21.8 Å². The van der Waals surface area contributed by atoms with Gasteiger partial charge in [-0.15, -0.1) is 22.7 Å². The lowest BCUT2D eigenvalue weighted by molar-refractivity contribution is 0.103. The summed E-state index contributed by atoms with van der Waals surface area (Å²) in [6.45, 7) is 0. The average Bonchev–Trinajstić information content (AvgIpc) is 3.32. The lowest BCUT2D eigenvalue weighted by Crippen LogP contribution is -2.09. The van der Waals surface area contributed by atoms with Gasteiger partial charge in [-0.1, -0.05) is 29.8 Å². The van der Waals surface area contributed by atoms with Gasteiger partial charge in [0.05, 0.1) is 21.1 Å². The second kappa shape index (κ2) is 7.43. The third-order valence-electron chi connectivity index (χ3n) is 3.63. The number of nitrogen functional groups attached to an aromatic ring is 1. The fourth-order valence-corrected chi connectivity index (χ4v) is 4.20. The van der Waals surface area contributed by atoms with E-state index in [0.717, 1.165) is 16.1 Å². The van der Waals surface area contributed by atoms with Gasteiger partial charge in [0, 0.05) is 22.2 Å². The molecular formula is C18H12ClN5OS2. The summed E-state index contributed by atoms with van der Waals surface area (Å²) < 4.78 is 0. The predicted molar refractivity (Wildman–Crippen MR) is 110 cm³/mol. The van der Waals surface area contributed by atoms with Crippen molar-refractivity contribution >= 4 is 51.3 Å². The molecule has 27 heavy (non-hydrogen) atoms. The third kappa shape index (κ3) is 3.82. The second-order valence-corrected chi connectivity index (χ2v) is 7.78. The Bertz CT molecular complexity index is 1120. The molecule has 0 unspecified atom stereocenters. The van der Waals surface area contributed by atoms with Crippen LogP contribution in [-0.4, -0.2) is 20.9 Å². The molecule has 1 aromatic carbocycles. The Morgan fingerprint density at radius 3 is 2.74 bits per heavy atom. The van der Waals surface area contributed by atoms with E-state index in [4.69, 9.17) is 17.3 Å². The van der Waals surface area contributed by atoms with E-state index in [1.165, 1.54) is 22.7 Å². The van der Waals surface area contributed by atoms with Gasteiger partial charge < -0.3 is 5.73 Å². The number of halogens is 1. The normalized spacial score (nSPS) is 10.7. The van der Waals surface area contributed by atoms with Crippen LogP contribution in [0.15, 0.2) is 54.0 Å². The summed E-state index contributed by atoms with van der Waals surface area (Å²) >= 11 is 8.87. The second-order valence-electron chi connectivity index (χ2n) is 5.44. The van der Waals surface area contributed by atoms with E-state index in [9.17, 15) is 4.79 Å². The molecule has 4 aromatic rings. The molecule has 3 aromatic heterocycles. The van der Waals surface area contributed by atoms with Crippen LogP contribution < -0.4 is 11.1 Å². The first-order valence-electron chi connectivity index (χ1n) is 7.80. The SMILES string of the molecule is Nc1nccc(-c2ccc(C(=O)Nc3nc(-c4ccccc4Cl)cs3)s2)n1. The number of carbonyl (C=O) groups excluding carboxylic acids is 1. The van der Waals surface area contributed by atoms with Crippen molar-refractivity contribution in [2.75, 3.05) is 11.1 Å². The number of anilines is 2. The highest BCUT2D eigenvalue weighted by Gasteiger charge is 2.14. The average molecular weight is 414 g/mol. The van der Waals surface area contributed by atoms with Crippen molar-refractivity contribution in [1.82, 2.24) is 15.0 Å². The molecule has 0 atom stereocenters. The maximum absolute atomic E-state index is 12.5. The van der Waals surface area contributed by atoms with Crippen molar-refractivity contribution in [3.8, 4) is 21.8 Å². The van der Waals surface area contributed by atoms with Gasteiger partial charge in [0.25, 0.3) is 5.91 Å². The highest BCUT2D eigenvalue weighted by atomic mass is 35.5. The van der Waals surface area contributed by atoms with E-state index in [1.54, 1.807) is 18.3 Å². The maximum Gasteiger partial charge on any atom is 0.267 e. The number of thiophene rings is 1. The quantitative estimate of drug-likeness (QED) is 0.500. The van der Waals surface area contributed by atoms with E-state index in [1.807, 2.05) is 35.7 Å². The van der Waals surface area contributed by atoms with Crippen molar-refractivity contribution in [3.63, 3.8) is 0 Å². The molecule has 0 fully saturated rings. The first-order valence-corrected chi connectivity index (χ1v) is 9.88. The number of amides is 1. The van der Waals surface area contributed by atoms with Crippen molar-refractivity contribution in [1.29, 1.82) is 0 Å². The van der Waals surface area contributed by atoms with Crippen molar-refractivity contribution in [2.24, 2.45) is 0 Å². The van der Waals surface area contributed by atoms with Gasteiger partial charge >= 0.3 is 0 Å². The van der Waals surface area contributed by atoms with Crippen LogP contribution in [-0.2, 0) is 0 Å². The predicted octanol–water partition coefficient (Wildman–Crippen LogP) is 4.82. The van der Waals surface area contributed by atoms with Crippen LogP contribution in [0.3, 0.4) is 0 Å². The van der Waals surface area contributed by atoms with Gasteiger partial charge in [0.1, 0.15) is 0 Å². The monoisotopic (exact) mass is 413 g/mol. The molecule has 6 nitrogen and oxygen atoms in total. The Balaban J connectivity index is 1.51. The van der Waals surface area contributed by atoms with Crippen LogP contribution in [0.1, 0.15) is 9.67 Å². The number of hydrogen-bond acceptors (Lipinski definition) is 7. The van der Waals surface area contributed by atoms with Gasteiger partial charge in [-0.05, 0) is 24.3 Å². The number of rotatable bonds is 4. The number of benzene rings is 1. The molecule has 0 saturated carbocycles. The minimum atomic E-state index is -0.228. The summed E-state index contributed by atoms with van der Waals surface area (Å²) in [5.74, 6) is -0.0323. The van der Waals surface area contributed by atoms with E-state index in [-0.39, 0.29) is 11.9 Å². The zero-order valence-electron chi connectivity index (χ0n) is 13.7. The molecule has 0 saturated heterocycles. The van der Waals surface area contributed by atoms with E-state index < -0.39 is 0 Å². The number of carbonyl (C=O) groups is 1. The maximum atomic E-state index is 12.5. The summed E-state index contributed by atoms with van der Waals surface area (Å²) in [5, 5.41) is 5.81. The van der Waals surface area contributed by atoms with Crippen molar-refractivity contribution in [3.05, 3.63) is 63.9 Å². The zero-order chi connectivity index (χ0) is 18.8. The van der Waals surface area contributed by atoms with E-state index in [0.29, 0.717) is 20.7 Å². The van der Waals surface area contributed by atoms with Gasteiger partial charge in [-0.2, -0.15) is 0 Å². The summed E-state index contributed by atoms with van der Waals surface area (Å²) in [5.41, 5.74) is 7.85. The smallest absolute Gasteiger partial charge is 0.267 e. The van der Waals surface area contributed by atoms with Gasteiger partial charge in [0.15, 0.2) is 5.13 Å². The molecule has 0 spiro atoms. The Labute approximate surface area is 167 Å². The van der Waals surface area contributed by atoms with Crippen LogP contribution in [0, 0.1) is 0 Å². The molecule has 1 amide bonds. The summed E-state index contributed by atoms with van der Waals surface area (Å²) in [6.07, 6.45) is 1.59. The van der Waals surface area contributed by atoms with Gasteiger partial charge in [0.2, 0.25) is 5.95 Å². The van der Waals surface area contributed by atoms with Crippen LogP contribution in [0.5, 0.6) is 0 Å². The summed E-state index contributed by atoms with van der Waals surface area (Å²) in [7, 11) is 0. The third-order valence-corrected chi connectivity index (χ3v) is 5.82. The molecule has 4 rings (SSSR count). The van der Waals surface area contributed by atoms with E-state index in [2.05, 4.69) is 20.3 Å². The van der Waals surface area contributed by atoms with Gasteiger partial charge in [-0.25, -0.2) is 15.0 Å². The largest absolute Gasteiger partial charge is 0.368 e. The molecule has 0 radical (unpaired) electrons. The highest BCUT2D eigenvalue weighted by molar-refractivity contribution is 7.17. The van der Waals surface area contributed by atoms with Crippen LogP contribution >= 0.6 is 34.3 Å². The number of hydrogen-bond donors (Lipinski definition) is 2. The summed E-state index contributed by atoms with van der Waals surface area (Å²) in [6, 6.07) is 12.8. The minimum absolute atomic E-state index is 0.196. The minimum Gasteiger partial charge on any atom is -0.368 e.